The topological polar surface area (TPSA) is 71.1 Å². The van der Waals surface area contributed by atoms with Crippen LogP contribution in [0.25, 0.3) is 0 Å². The highest BCUT2D eigenvalue weighted by Crippen LogP contribution is 2.49. The highest BCUT2D eigenvalue weighted by molar-refractivity contribution is 7.48. The lowest BCUT2D eigenvalue weighted by atomic mass is 9.98. The molecule has 0 radical (unpaired) electrons. The fraction of sp³-hybridized carbons (Fsp3) is 0.900. The van der Waals surface area contributed by atoms with Crippen molar-refractivity contribution in [3.8, 4) is 0 Å². The van der Waals surface area contributed by atoms with E-state index in [0.29, 0.717) is 0 Å². The van der Waals surface area contributed by atoms with Gasteiger partial charge in [-0.25, -0.2) is 9.09 Å². The van der Waals surface area contributed by atoms with Crippen molar-refractivity contribution in [2.24, 2.45) is 5.41 Å². The average molecular weight is 268 g/mol. The van der Waals surface area contributed by atoms with Gasteiger partial charge in [-0.15, -0.1) is 0 Å². The second-order valence-corrected chi connectivity index (χ2v) is 5.88. The van der Waals surface area contributed by atoms with Crippen LogP contribution in [0.1, 0.15) is 34.6 Å². The van der Waals surface area contributed by atoms with Gasteiger partial charge in [-0.1, -0.05) is 0 Å². The lowest BCUT2D eigenvalue weighted by molar-refractivity contribution is -0.160. The summed E-state index contributed by atoms with van der Waals surface area (Å²) in [5, 5.41) is 0. The Morgan fingerprint density at radius 1 is 1.06 bits per heavy atom. The van der Waals surface area contributed by atoms with Gasteiger partial charge >= 0.3 is 13.8 Å². The predicted molar refractivity (Wildman–Crippen MR) is 62.4 cm³/mol. The minimum atomic E-state index is -3.61. The number of esters is 1. The van der Waals surface area contributed by atoms with Crippen molar-refractivity contribution < 1.29 is 27.7 Å². The highest BCUT2D eigenvalue weighted by atomic mass is 31.2. The molecule has 0 N–H and O–H groups in total. The second kappa shape index (κ2) is 7.11. The van der Waals surface area contributed by atoms with Crippen LogP contribution in [-0.4, -0.2) is 26.0 Å². The zero-order valence-electron chi connectivity index (χ0n) is 11.0. The number of ether oxygens (including phenoxy) is 1. The number of phosphoric ester groups is 1. The van der Waals surface area contributed by atoms with E-state index in [1.54, 1.807) is 34.6 Å². The maximum atomic E-state index is 11.8. The van der Waals surface area contributed by atoms with Crippen LogP contribution >= 0.6 is 7.82 Å². The largest absolute Gasteiger partial charge is 0.477 e. The van der Waals surface area contributed by atoms with E-state index in [1.807, 2.05) is 0 Å². The van der Waals surface area contributed by atoms with Gasteiger partial charge in [0.25, 0.3) is 0 Å². The van der Waals surface area contributed by atoms with Crippen molar-refractivity contribution in [2.45, 2.75) is 34.6 Å². The number of rotatable bonds is 7. The Balaban J connectivity index is 4.16. The summed E-state index contributed by atoms with van der Waals surface area (Å²) in [6.45, 7) is 8.37. The molecule has 7 heteroatoms. The molecule has 0 aromatic heterocycles. The van der Waals surface area contributed by atoms with Crippen LogP contribution < -0.4 is 0 Å². The molecule has 0 atom stereocenters. The Hall–Kier alpha value is -0.420. The first kappa shape index (κ1) is 16.6. The van der Waals surface area contributed by atoms with Crippen LogP contribution in [0.2, 0.25) is 0 Å². The molecular formula is C10H21O6P. The first-order chi connectivity index (χ1) is 7.75. The Morgan fingerprint density at radius 3 is 1.88 bits per heavy atom. The summed E-state index contributed by atoms with van der Waals surface area (Å²) in [6.07, 6.45) is 0. The summed E-state index contributed by atoms with van der Waals surface area (Å²) >= 11 is 0. The third kappa shape index (κ3) is 6.78. The van der Waals surface area contributed by atoms with Crippen LogP contribution in [0.4, 0.5) is 0 Å². The van der Waals surface area contributed by atoms with Gasteiger partial charge in [-0.2, -0.15) is 0 Å². The minimum absolute atomic E-state index is 0.185. The second-order valence-electron chi connectivity index (χ2n) is 4.21. The summed E-state index contributed by atoms with van der Waals surface area (Å²) in [5.74, 6) is -0.447. The molecule has 0 spiro atoms. The van der Waals surface area contributed by atoms with E-state index in [2.05, 4.69) is 0 Å². The monoisotopic (exact) mass is 268 g/mol. The lowest BCUT2D eigenvalue weighted by Gasteiger charge is -2.19. The van der Waals surface area contributed by atoms with Crippen LogP contribution in [-0.2, 0) is 27.7 Å². The molecule has 0 bridgehead atoms. The molecule has 0 saturated carbocycles. The minimum Gasteiger partial charge on any atom is -0.437 e. The Morgan fingerprint density at radius 2 is 1.53 bits per heavy atom. The number of hydrogen-bond acceptors (Lipinski definition) is 6. The van der Waals surface area contributed by atoms with Crippen molar-refractivity contribution in [1.29, 1.82) is 0 Å². The van der Waals surface area contributed by atoms with E-state index in [0.717, 1.165) is 0 Å². The van der Waals surface area contributed by atoms with Crippen molar-refractivity contribution in [3.05, 3.63) is 0 Å². The molecule has 0 aliphatic carbocycles. The first-order valence-corrected chi connectivity index (χ1v) is 6.92. The van der Waals surface area contributed by atoms with Crippen LogP contribution in [0, 0.1) is 5.41 Å². The van der Waals surface area contributed by atoms with Gasteiger partial charge in [-0.3, -0.25) is 13.8 Å². The maximum absolute atomic E-state index is 11.8. The molecule has 0 heterocycles. The van der Waals surface area contributed by atoms with Gasteiger partial charge in [0.1, 0.15) is 0 Å². The normalized spacial score (nSPS) is 12.5. The SMILES string of the molecule is CCOP(=O)(OCC)OCOC(=O)C(C)(C)C. The van der Waals surface area contributed by atoms with Gasteiger partial charge in [0.15, 0.2) is 0 Å². The summed E-state index contributed by atoms with van der Waals surface area (Å²) < 4.78 is 31.1. The smallest absolute Gasteiger partial charge is 0.437 e. The van der Waals surface area contributed by atoms with Gasteiger partial charge in [0.05, 0.1) is 18.6 Å². The molecule has 0 aliphatic rings. The number of phosphoric acid groups is 1. The summed E-state index contributed by atoms with van der Waals surface area (Å²) in [4.78, 5) is 11.4. The van der Waals surface area contributed by atoms with E-state index >= 15 is 0 Å². The number of hydrogen-bond donors (Lipinski definition) is 0. The molecule has 0 aromatic rings. The molecule has 6 nitrogen and oxygen atoms in total. The third-order valence-electron chi connectivity index (χ3n) is 1.59. The van der Waals surface area contributed by atoms with E-state index in [-0.39, 0.29) is 13.2 Å². The molecule has 0 fully saturated rings. The van der Waals surface area contributed by atoms with Crippen molar-refractivity contribution >= 4 is 13.8 Å². The van der Waals surface area contributed by atoms with Crippen LogP contribution in [0.5, 0.6) is 0 Å². The molecular weight excluding hydrogens is 247 g/mol. The van der Waals surface area contributed by atoms with Gasteiger partial charge in [-0.05, 0) is 34.6 Å². The molecule has 0 aliphatic heterocycles. The summed E-state index contributed by atoms with van der Waals surface area (Å²) in [7, 11) is -3.61. The molecule has 0 aromatic carbocycles. The summed E-state index contributed by atoms with van der Waals surface area (Å²) in [6, 6.07) is 0. The van der Waals surface area contributed by atoms with Gasteiger partial charge in [0, 0.05) is 0 Å². The van der Waals surface area contributed by atoms with Crippen molar-refractivity contribution in [3.63, 3.8) is 0 Å². The third-order valence-corrected chi connectivity index (χ3v) is 3.16. The van der Waals surface area contributed by atoms with Gasteiger partial charge in [0.2, 0.25) is 6.79 Å². The lowest BCUT2D eigenvalue weighted by Crippen LogP contribution is -2.23. The number of carbonyl (C=O) groups excluding carboxylic acids is 1. The Kier molecular flexibility index (Phi) is 6.94. The standard InChI is InChI=1S/C10H21O6P/c1-6-14-17(12,15-7-2)16-8-13-9(11)10(3,4)5/h6-8H2,1-5H3. The predicted octanol–water partition coefficient (Wildman–Crippen LogP) is 2.73. The van der Waals surface area contributed by atoms with Gasteiger partial charge < -0.3 is 4.74 Å². The fourth-order valence-electron chi connectivity index (χ4n) is 0.789. The highest BCUT2D eigenvalue weighted by Gasteiger charge is 2.28. The van der Waals surface area contributed by atoms with E-state index in [9.17, 15) is 9.36 Å². The van der Waals surface area contributed by atoms with Crippen molar-refractivity contribution in [2.75, 3.05) is 20.0 Å². The quantitative estimate of drug-likeness (QED) is 0.401. The van der Waals surface area contributed by atoms with Crippen LogP contribution in [0.15, 0.2) is 0 Å². The molecule has 0 saturated heterocycles. The molecule has 102 valence electrons. The van der Waals surface area contributed by atoms with E-state index in [4.69, 9.17) is 18.3 Å². The average Bonchev–Trinajstić information content (AvgIpc) is 2.16. The molecule has 0 unspecified atom stereocenters. The Labute approximate surface area is 102 Å². The molecule has 17 heavy (non-hydrogen) atoms. The Bertz CT molecular complexity index is 273. The molecule has 0 amide bonds. The molecule has 0 rings (SSSR count). The summed E-state index contributed by atoms with van der Waals surface area (Å²) in [5.41, 5.74) is -0.634. The fourth-order valence-corrected chi connectivity index (χ4v) is 1.83. The van der Waals surface area contributed by atoms with Crippen molar-refractivity contribution in [1.82, 2.24) is 0 Å². The maximum Gasteiger partial charge on any atom is 0.477 e. The zero-order valence-corrected chi connectivity index (χ0v) is 11.9. The zero-order chi connectivity index (χ0) is 13.5. The first-order valence-electron chi connectivity index (χ1n) is 5.46. The van der Waals surface area contributed by atoms with E-state index in [1.165, 1.54) is 0 Å². The van der Waals surface area contributed by atoms with E-state index < -0.39 is 26.0 Å². The number of carbonyl (C=O) groups is 1. The van der Waals surface area contributed by atoms with Crippen LogP contribution in [0.3, 0.4) is 0 Å².